The minimum absolute atomic E-state index is 0.266. The second-order valence-electron chi connectivity index (χ2n) is 6.80. The highest BCUT2D eigenvalue weighted by Crippen LogP contribution is 2.11. The normalized spacial score (nSPS) is 10.9. The third kappa shape index (κ3) is 5.04. The van der Waals surface area contributed by atoms with Gasteiger partial charge in [-0.2, -0.15) is 0 Å². The van der Waals surface area contributed by atoms with Gasteiger partial charge in [-0.1, -0.05) is 37.3 Å². The number of benzene rings is 1. The van der Waals surface area contributed by atoms with Crippen LogP contribution in [0.1, 0.15) is 45.8 Å². The van der Waals surface area contributed by atoms with Crippen molar-refractivity contribution in [2.45, 2.75) is 46.3 Å². The molecule has 3 aromatic rings. The lowest BCUT2D eigenvalue weighted by Crippen LogP contribution is -2.19. The minimum Gasteiger partial charge on any atom is -0.478 e. The summed E-state index contributed by atoms with van der Waals surface area (Å²) in [6.45, 7) is 5.93. The Labute approximate surface area is 165 Å². The van der Waals surface area contributed by atoms with E-state index >= 15 is 0 Å². The van der Waals surface area contributed by atoms with Crippen LogP contribution in [-0.2, 0) is 32.5 Å². The average Bonchev–Trinajstić information content (AvgIpc) is 3.08. The fourth-order valence-corrected chi connectivity index (χ4v) is 3.29. The highest BCUT2D eigenvalue weighted by molar-refractivity contribution is 5.87. The standard InChI is InChI=1S/C22H26N4O2/c1-3-20-14-24-21(26(20)10-9-17-7-5-4-6-8-17)15-23-13-19-12-18(22(27)28)11-16(2)25-19/h4-8,11-12,14,23H,3,9-10,13,15H2,1-2H3,(H,27,28). The Morgan fingerprint density at radius 3 is 2.68 bits per heavy atom. The number of nitrogens with one attached hydrogen (secondary N) is 1. The molecule has 6 heteroatoms. The molecular formula is C22H26N4O2. The van der Waals surface area contributed by atoms with Crippen molar-refractivity contribution in [2.75, 3.05) is 0 Å². The third-order valence-electron chi connectivity index (χ3n) is 4.69. The molecule has 0 aliphatic carbocycles. The summed E-state index contributed by atoms with van der Waals surface area (Å²) >= 11 is 0. The second kappa shape index (κ2) is 9.28. The van der Waals surface area contributed by atoms with Crippen molar-refractivity contribution in [3.63, 3.8) is 0 Å². The van der Waals surface area contributed by atoms with Crippen molar-refractivity contribution in [3.05, 3.63) is 82.7 Å². The van der Waals surface area contributed by atoms with E-state index in [1.54, 1.807) is 19.1 Å². The van der Waals surface area contributed by atoms with Crippen LogP contribution in [0.25, 0.3) is 0 Å². The molecule has 0 aliphatic rings. The largest absolute Gasteiger partial charge is 0.478 e. The number of hydrogen-bond donors (Lipinski definition) is 2. The van der Waals surface area contributed by atoms with Crippen LogP contribution in [0.4, 0.5) is 0 Å². The Balaban J connectivity index is 1.64. The van der Waals surface area contributed by atoms with E-state index < -0.39 is 5.97 Å². The number of rotatable bonds is 9. The number of carboxylic acid groups (broad SMARTS) is 1. The summed E-state index contributed by atoms with van der Waals surface area (Å²) < 4.78 is 2.27. The monoisotopic (exact) mass is 378 g/mol. The van der Waals surface area contributed by atoms with Gasteiger partial charge in [0.15, 0.2) is 0 Å². The minimum atomic E-state index is -0.934. The molecule has 2 heterocycles. The van der Waals surface area contributed by atoms with E-state index in [1.165, 1.54) is 11.3 Å². The first-order valence-electron chi connectivity index (χ1n) is 9.55. The van der Waals surface area contributed by atoms with E-state index in [0.29, 0.717) is 18.8 Å². The van der Waals surface area contributed by atoms with Crippen LogP contribution >= 0.6 is 0 Å². The maximum Gasteiger partial charge on any atom is 0.335 e. The molecule has 2 aromatic heterocycles. The van der Waals surface area contributed by atoms with Gasteiger partial charge >= 0.3 is 5.97 Å². The molecule has 0 amide bonds. The summed E-state index contributed by atoms with van der Waals surface area (Å²) in [4.78, 5) is 20.2. The van der Waals surface area contributed by atoms with Gasteiger partial charge in [0.2, 0.25) is 0 Å². The van der Waals surface area contributed by atoms with E-state index in [4.69, 9.17) is 0 Å². The zero-order valence-electron chi connectivity index (χ0n) is 16.4. The molecule has 6 nitrogen and oxygen atoms in total. The van der Waals surface area contributed by atoms with Crippen LogP contribution in [0.3, 0.4) is 0 Å². The predicted octanol–water partition coefficient (Wildman–Crippen LogP) is 3.38. The van der Waals surface area contributed by atoms with Gasteiger partial charge in [0.1, 0.15) is 5.82 Å². The van der Waals surface area contributed by atoms with Crippen LogP contribution in [0, 0.1) is 6.92 Å². The molecule has 0 aliphatic heterocycles. The topological polar surface area (TPSA) is 80.0 Å². The Morgan fingerprint density at radius 1 is 1.18 bits per heavy atom. The van der Waals surface area contributed by atoms with Gasteiger partial charge in [-0.05, 0) is 37.5 Å². The molecular weight excluding hydrogens is 352 g/mol. The quantitative estimate of drug-likeness (QED) is 0.597. The SMILES string of the molecule is CCc1cnc(CNCc2cc(C(=O)O)cc(C)n2)n1CCc1ccccc1. The number of carbonyl (C=O) groups is 1. The number of pyridine rings is 1. The van der Waals surface area contributed by atoms with Crippen molar-refractivity contribution >= 4 is 5.97 Å². The highest BCUT2D eigenvalue weighted by atomic mass is 16.4. The van der Waals surface area contributed by atoms with Crippen LogP contribution in [0.2, 0.25) is 0 Å². The van der Waals surface area contributed by atoms with E-state index in [2.05, 4.69) is 51.0 Å². The molecule has 0 unspecified atom stereocenters. The number of imidazole rings is 1. The van der Waals surface area contributed by atoms with E-state index in [0.717, 1.165) is 30.9 Å². The summed E-state index contributed by atoms with van der Waals surface area (Å²) in [5, 5.41) is 12.5. The van der Waals surface area contributed by atoms with Gasteiger partial charge in [-0.25, -0.2) is 9.78 Å². The maximum atomic E-state index is 11.2. The summed E-state index contributed by atoms with van der Waals surface area (Å²) in [6.07, 6.45) is 3.83. The molecule has 0 saturated heterocycles. The predicted molar refractivity (Wildman–Crippen MR) is 108 cm³/mol. The maximum absolute atomic E-state index is 11.2. The molecule has 0 fully saturated rings. The number of aryl methyl sites for hydroxylation is 3. The van der Waals surface area contributed by atoms with Gasteiger partial charge in [0.25, 0.3) is 0 Å². The number of carboxylic acids is 1. The van der Waals surface area contributed by atoms with Gasteiger partial charge in [-0.3, -0.25) is 4.98 Å². The fourth-order valence-electron chi connectivity index (χ4n) is 3.29. The van der Waals surface area contributed by atoms with Crippen LogP contribution in [-0.4, -0.2) is 25.6 Å². The van der Waals surface area contributed by atoms with Crippen molar-refractivity contribution in [2.24, 2.45) is 0 Å². The molecule has 28 heavy (non-hydrogen) atoms. The molecule has 0 radical (unpaired) electrons. The lowest BCUT2D eigenvalue weighted by Gasteiger charge is -2.12. The smallest absolute Gasteiger partial charge is 0.335 e. The lowest BCUT2D eigenvalue weighted by molar-refractivity contribution is 0.0696. The Kier molecular flexibility index (Phi) is 6.55. The number of aromatic nitrogens is 3. The van der Waals surface area contributed by atoms with Gasteiger partial charge in [-0.15, -0.1) is 0 Å². The van der Waals surface area contributed by atoms with Gasteiger partial charge in [0.05, 0.1) is 17.8 Å². The Morgan fingerprint density at radius 2 is 1.96 bits per heavy atom. The van der Waals surface area contributed by atoms with Crippen molar-refractivity contribution in [1.82, 2.24) is 19.9 Å². The summed E-state index contributed by atoms with van der Waals surface area (Å²) in [5.41, 5.74) is 4.21. The number of hydrogen-bond acceptors (Lipinski definition) is 4. The average molecular weight is 378 g/mol. The summed E-state index contributed by atoms with van der Waals surface area (Å²) in [5.74, 6) is 0.0506. The second-order valence-corrected chi connectivity index (χ2v) is 6.80. The molecule has 146 valence electrons. The van der Waals surface area contributed by atoms with Crippen molar-refractivity contribution < 1.29 is 9.90 Å². The van der Waals surface area contributed by atoms with Crippen LogP contribution in [0.5, 0.6) is 0 Å². The van der Waals surface area contributed by atoms with Crippen molar-refractivity contribution in [1.29, 1.82) is 0 Å². The van der Waals surface area contributed by atoms with E-state index in [-0.39, 0.29) is 5.56 Å². The summed E-state index contributed by atoms with van der Waals surface area (Å²) in [7, 11) is 0. The zero-order valence-corrected chi connectivity index (χ0v) is 16.4. The third-order valence-corrected chi connectivity index (χ3v) is 4.69. The first kappa shape index (κ1) is 19.8. The number of nitrogens with zero attached hydrogens (tertiary/aromatic N) is 3. The molecule has 0 saturated carbocycles. The van der Waals surface area contributed by atoms with Gasteiger partial charge < -0.3 is 15.0 Å². The Hall–Kier alpha value is -2.99. The molecule has 0 spiro atoms. The first-order chi connectivity index (χ1) is 13.6. The van der Waals surface area contributed by atoms with Crippen molar-refractivity contribution in [3.8, 4) is 0 Å². The highest BCUT2D eigenvalue weighted by Gasteiger charge is 2.10. The molecule has 0 atom stereocenters. The van der Waals surface area contributed by atoms with Gasteiger partial charge in [0, 0.05) is 30.7 Å². The van der Waals surface area contributed by atoms with E-state index in [9.17, 15) is 9.90 Å². The first-order valence-corrected chi connectivity index (χ1v) is 9.55. The summed E-state index contributed by atoms with van der Waals surface area (Å²) in [6, 6.07) is 13.6. The molecule has 0 bridgehead atoms. The molecule has 2 N–H and O–H groups in total. The number of aromatic carboxylic acids is 1. The van der Waals surface area contributed by atoms with Crippen LogP contribution < -0.4 is 5.32 Å². The molecule has 3 rings (SSSR count). The Bertz CT molecular complexity index is 935. The lowest BCUT2D eigenvalue weighted by atomic mass is 10.1. The zero-order chi connectivity index (χ0) is 19.9. The fraction of sp³-hybridized carbons (Fsp3) is 0.318. The van der Waals surface area contributed by atoms with E-state index in [1.807, 2.05) is 12.3 Å². The van der Waals surface area contributed by atoms with Crippen LogP contribution in [0.15, 0.2) is 48.7 Å². The molecule has 1 aromatic carbocycles.